The van der Waals surface area contributed by atoms with Gasteiger partial charge in [0.25, 0.3) is 0 Å². The van der Waals surface area contributed by atoms with Crippen molar-refractivity contribution < 1.29 is 18.0 Å². The first-order chi connectivity index (χ1) is 6.38. The quantitative estimate of drug-likeness (QED) is 0.709. The normalized spacial score (nSPS) is 11.7. The van der Waals surface area contributed by atoms with Gasteiger partial charge in [-0.25, -0.2) is 0 Å². The largest absolute Gasteiger partial charge is 0.390 e. The van der Waals surface area contributed by atoms with Crippen LogP contribution in [0.1, 0.15) is 23.8 Å². The molecule has 3 nitrogen and oxygen atoms in total. The van der Waals surface area contributed by atoms with Crippen molar-refractivity contribution in [2.45, 2.75) is 26.1 Å². The molecule has 0 N–H and O–H groups in total. The van der Waals surface area contributed by atoms with Gasteiger partial charge in [0.15, 0.2) is 5.78 Å². The Hall–Kier alpha value is -1.33. The minimum Gasteiger partial charge on any atom is -0.293 e. The third-order valence-electron chi connectivity index (χ3n) is 1.63. The first-order valence-corrected chi connectivity index (χ1v) is 3.99. The number of carbonyl (C=O) groups excluding carboxylic acids is 1. The molecular formula is C8H9F3N2O. The lowest BCUT2D eigenvalue weighted by atomic mass is 10.3. The molecule has 1 aromatic heterocycles. The van der Waals surface area contributed by atoms with Gasteiger partial charge in [-0.05, 0) is 6.07 Å². The summed E-state index contributed by atoms with van der Waals surface area (Å²) in [5, 5.41) is 3.68. The van der Waals surface area contributed by atoms with E-state index in [4.69, 9.17) is 0 Å². The van der Waals surface area contributed by atoms with Gasteiger partial charge in [-0.2, -0.15) is 18.3 Å². The molecule has 0 aliphatic rings. The van der Waals surface area contributed by atoms with Gasteiger partial charge in [0.05, 0.1) is 6.42 Å². The summed E-state index contributed by atoms with van der Waals surface area (Å²) in [7, 11) is 0. The van der Waals surface area contributed by atoms with Gasteiger partial charge in [-0.1, -0.05) is 0 Å². The zero-order valence-corrected chi connectivity index (χ0v) is 7.51. The lowest BCUT2D eigenvalue weighted by Crippen LogP contribution is -2.12. The van der Waals surface area contributed by atoms with Gasteiger partial charge in [0, 0.05) is 19.7 Å². The highest BCUT2D eigenvalue weighted by Crippen LogP contribution is 2.19. The summed E-state index contributed by atoms with van der Waals surface area (Å²) < 4.78 is 36.5. The van der Waals surface area contributed by atoms with Crippen LogP contribution in [-0.4, -0.2) is 21.7 Å². The highest BCUT2D eigenvalue weighted by atomic mass is 19.4. The van der Waals surface area contributed by atoms with Crippen molar-refractivity contribution in [3.05, 3.63) is 18.0 Å². The molecule has 0 radical (unpaired) electrons. The average molecular weight is 206 g/mol. The Bertz CT molecular complexity index is 330. The van der Waals surface area contributed by atoms with Crippen molar-refractivity contribution in [3.8, 4) is 0 Å². The summed E-state index contributed by atoms with van der Waals surface area (Å²) in [6.45, 7) is 1.06. The molecule has 0 unspecified atom stereocenters. The SMILES string of the molecule is CC(=O)c1ccn(CCC(F)(F)F)n1. The van der Waals surface area contributed by atoms with E-state index in [9.17, 15) is 18.0 Å². The van der Waals surface area contributed by atoms with Crippen LogP contribution in [0.25, 0.3) is 0 Å². The minimum atomic E-state index is -4.19. The standard InChI is InChI=1S/C8H9F3N2O/c1-6(14)7-2-4-13(12-7)5-3-8(9,10)11/h2,4H,3,5H2,1H3. The number of aromatic nitrogens is 2. The van der Waals surface area contributed by atoms with Crippen LogP contribution in [0.5, 0.6) is 0 Å². The summed E-state index contributed by atoms with van der Waals surface area (Å²) >= 11 is 0. The molecule has 0 spiro atoms. The van der Waals surface area contributed by atoms with Gasteiger partial charge >= 0.3 is 6.18 Å². The molecule has 0 fully saturated rings. The zero-order valence-electron chi connectivity index (χ0n) is 7.51. The third kappa shape index (κ3) is 3.20. The molecule has 6 heteroatoms. The Morgan fingerprint density at radius 2 is 2.21 bits per heavy atom. The van der Waals surface area contributed by atoms with Crippen molar-refractivity contribution in [3.63, 3.8) is 0 Å². The highest BCUT2D eigenvalue weighted by Gasteiger charge is 2.26. The molecule has 0 aromatic carbocycles. The first-order valence-electron chi connectivity index (χ1n) is 3.99. The van der Waals surface area contributed by atoms with Crippen LogP contribution in [0.4, 0.5) is 13.2 Å². The van der Waals surface area contributed by atoms with Crippen molar-refractivity contribution in [2.75, 3.05) is 0 Å². The average Bonchev–Trinajstić information content (AvgIpc) is 2.47. The second kappa shape index (κ2) is 3.81. The van der Waals surface area contributed by atoms with Gasteiger partial charge in [-0.15, -0.1) is 0 Å². The first kappa shape index (κ1) is 10.7. The van der Waals surface area contributed by atoms with Crippen LogP contribution in [0.3, 0.4) is 0 Å². The maximum Gasteiger partial charge on any atom is 0.390 e. The number of ketones is 1. The maximum absolute atomic E-state index is 11.8. The fraction of sp³-hybridized carbons (Fsp3) is 0.500. The van der Waals surface area contributed by atoms with E-state index in [1.807, 2.05) is 0 Å². The second-order valence-corrected chi connectivity index (χ2v) is 2.89. The number of hydrogen-bond donors (Lipinski definition) is 0. The van der Waals surface area contributed by atoms with E-state index < -0.39 is 12.6 Å². The van der Waals surface area contributed by atoms with Crippen LogP contribution < -0.4 is 0 Å². The Kier molecular flexibility index (Phi) is 2.93. The van der Waals surface area contributed by atoms with E-state index in [0.29, 0.717) is 0 Å². The molecule has 0 atom stereocenters. The lowest BCUT2D eigenvalue weighted by Gasteiger charge is -2.05. The molecule has 0 bridgehead atoms. The number of nitrogens with zero attached hydrogens (tertiary/aromatic N) is 2. The van der Waals surface area contributed by atoms with Crippen LogP contribution in [0.2, 0.25) is 0 Å². The van der Waals surface area contributed by atoms with Gasteiger partial charge in [-0.3, -0.25) is 9.48 Å². The molecular weight excluding hydrogens is 197 g/mol. The highest BCUT2D eigenvalue weighted by molar-refractivity contribution is 5.91. The topological polar surface area (TPSA) is 34.9 Å². The van der Waals surface area contributed by atoms with E-state index >= 15 is 0 Å². The predicted octanol–water partition coefficient (Wildman–Crippen LogP) is 2.04. The second-order valence-electron chi connectivity index (χ2n) is 2.89. The number of halogens is 3. The summed E-state index contributed by atoms with van der Waals surface area (Å²) in [6.07, 6.45) is -3.77. The van der Waals surface area contributed by atoms with Gasteiger partial charge < -0.3 is 0 Å². The fourth-order valence-electron chi connectivity index (χ4n) is 0.915. The lowest BCUT2D eigenvalue weighted by molar-refractivity contribution is -0.137. The van der Waals surface area contributed by atoms with Crippen molar-refractivity contribution in [1.29, 1.82) is 0 Å². The Labute approximate surface area is 78.5 Å². The smallest absolute Gasteiger partial charge is 0.293 e. The molecule has 78 valence electrons. The molecule has 0 amide bonds. The number of rotatable bonds is 3. The van der Waals surface area contributed by atoms with E-state index in [1.54, 1.807) is 0 Å². The van der Waals surface area contributed by atoms with E-state index in [2.05, 4.69) is 5.10 Å². The Morgan fingerprint density at radius 1 is 1.57 bits per heavy atom. The summed E-state index contributed by atoms with van der Waals surface area (Å²) in [4.78, 5) is 10.8. The number of carbonyl (C=O) groups is 1. The summed E-state index contributed by atoms with van der Waals surface area (Å²) in [6, 6.07) is 1.40. The Balaban J connectivity index is 2.56. The van der Waals surface area contributed by atoms with Gasteiger partial charge in [0.2, 0.25) is 0 Å². The number of alkyl halides is 3. The molecule has 1 heterocycles. The van der Waals surface area contributed by atoms with Crippen LogP contribution in [0, 0.1) is 0 Å². The molecule has 0 saturated carbocycles. The molecule has 1 aromatic rings. The third-order valence-corrected chi connectivity index (χ3v) is 1.63. The van der Waals surface area contributed by atoms with E-state index in [-0.39, 0.29) is 18.0 Å². The minimum absolute atomic E-state index is 0.187. The predicted molar refractivity (Wildman–Crippen MR) is 42.9 cm³/mol. The summed E-state index contributed by atoms with van der Waals surface area (Å²) in [5.41, 5.74) is 0.187. The number of hydrogen-bond acceptors (Lipinski definition) is 2. The van der Waals surface area contributed by atoms with Crippen LogP contribution in [-0.2, 0) is 6.54 Å². The van der Waals surface area contributed by atoms with E-state index in [1.165, 1.54) is 19.2 Å². The van der Waals surface area contributed by atoms with E-state index in [0.717, 1.165) is 4.68 Å². The van der Waals surface area contributed by atoms with Gasteiger partial charge in [0.1, 0.15) is 5.69 Å². The fourth-order valence-corrected chi connectivity index (χ4v) is 0.915. The number of Topliss-reactive ketones (excluding diaryl/α,β-unsaturated/α-hetero) is 1. The maximum atomic E-state index is 11.8. The summed E-state index contributed by atoms with van der Waals surface area (Å²) in [5.74, 6) is -0.254. The molecule has 0 aliphatic carbocycles. The molecule has 0 aliphatic heterocycles. The van der Waals surface area contributed by atoms with Crippen molar-refractivity contribution >= 4 is 5.78 Å². The monoisotopic (exact) mass is 206 g/mol. The molecule has 1 rings (SSSR count). The van der Waals surface area contributed by atoms with Crippen molar-refractivity contribution in [1.82, 2.24) is 9.78 Å². The van der Waals surface area contributed by atoms with Crippen LogP contribution in [0.15, 0.2) is 12.3 Å². The van der Waals surface area contributed by atoms with Crippen LogP contribution >= 0.6 is 0 Å². The van der Waals surface area contributed by atoms with Crippen molar-refractivity contribution in [2.24, 2.45) is 0 Å². The molecule has 14 heavy (non-hydrogen) atoms. The Morgan fingerprint density at radius 3 is 2.64 bits per heavy atom. The molecule has 0 saturated heterocycles. The number of aryl methyl sites for hydroxylation is 1. The zero-order chi connectivity index (χ0) is 10.8.